The van der Waals surface area contributed by atoms with Gasteiger partial charge in [-0.3, -0.25) is 38.8 Å². The number of amides is 8. The average molecular weight is 1210 g/mol. The van der Waals surface area contributed by atoms with E-state index in [0.29, 0.717) is 45.2 Å². The number of hydrogen-bond donors (Lipinski definition) is 6. The molecular formula is C58H68F3N13O13. The highest BCUT2D eigenvalue weighted by molar-refractivity contribution is 6.12. The molecule has 0 aliphatic carbocycles. The first-order chi connectivity index (χ1) is 41.8. The van der Waals surface area contributed by atoms with Crippen molar-refractivity contribution in [3.05, 3.63) is 126 Å². The Bertz CT molecular complexity index is 3320. The smallest absolute Gasteiger partial charge is 0.445 e. The Morgan fingerprint density at radius 2 is 1.47 bits per heavy atom. The number of nitrogens with two attached hydrogens (primary N) is 1. The summed E-state index contributed by atoms with van der Waals surface area (Å²) in [6, 6.07) is 17.6. The average Bonchev–Trinajstić information content (AvgIpc) is 1.88. The number of nitrogens with zero attached hydrogens (tertiary/aromatic N) is 7. The summed E-state index contributed by atoms with van der Waals surface area (Å²) < 4.78 is 74.3. The van der Waals surface area contributed by atoms with Gasteiger partial charge in [-0.15, -0.1) is 13.2 Å². The number of carbonyl (C=O) groups is 7. The fraction of sp³-hybridized carbons (Fsp3) is 0.397. The Morgan fingerprint density at radius 1 is 0.782 bits per heavy atom. The molecule has 0 fully saturated rings. The standard InChI is InChI=1S/C58H68F3N13O13/c1-37(2)51(71-48(75)21-24-82-26-28-84-30-31-85-29-27-83-25-23-73-49(76)19-20-50(73)77)55(79)68-44(11-7-22-63-56(62)80)54(78)67-42-16-13-39(14-17-42)35-86-57(81)72(32-40-9-4-5-12-45(40)87-58(59,60)61)34-46-69-52(41-15-18-47-64-36-65-74(47)33-41)53(70-46)43-10-6-8-38(3)66-43/h4-6,8-10,12-20,33,36-37,44,51H,7,11,21-32,34-35H2,1-3H3,(H,67,78)(H,68,79)(H,69,70)(H,71,75)(H3,62,63,80)/t44?,51-/m0/s1. The van der Waals surface area contributed by atoms with Crippen LogP contribution in [0.1, 0.15) is 55.8 Å². The number of fused-ring (bicyclic) bond motifs is 1. The van der Waals surface area contributed by atoms with Gasteiger partial charge >= 0.3 is 18.5 Å². The molecule has 2 aromatic carbocycles. The van der Waals surface area contributed by atoms with Gasteiger partial charge < -0.3 is 60.4 Å². The van der Waals surface area contributed by atoms with E-state index in [4.69, 9.17) is 34.4 Å². The second-order valence-corrected chi connectivity index (χ2v) is 19.9. The molecule has 87 heavy (non-hydrogen) atoms. The Kier molecular flexibility index (Phi) is 24.2. The summed E-state index contributed by atoms with van der Waals surface area (Å²) in [4.78, 5) is 109. The van der Waals surface area contributed by atoms with Crippen molar-refractivity contribution in [2.24, 2.45) is 11.7 Å². The molecule has 0 spiro atoms. The number of ether oxygens (including phenoxy) is 6. The summed E-state index contributed by atoms with van der Waals surface area (Å²) in [6.45, 7) is 6.28. The second-order valence-electron chi connectivity index (χ2n) is 19.9. The molecule has 0 saturated carbocycles. The van der Waals surface area contributed by atoms with E-state index in [-0.39, 0.29) is 122 Å². The molecule has 0 bridgehead atoms. The zero-order valence-corrected chi connectivity index (χ0v) is 48.0. The summed E-state index contributed by atoms with van der Waals surface area (Å²) >= 11 is 0. The Morgan fingerprint density at radius 3 is 2.15 bits per heavy atom. The molecule has 2 atom stereocenters. The molecule has 1 unspecified atom stereocenters. The Hall–Kier alpha value is -9.32. The first kappa shape index (κ1) is 65.2. The second kappa shape index (κ2) is 32.3. The summed E-state index contributed by atoms with van der Waals surface area (Å²) in [5, 5.41) is 14.9. The third kappa shape index (κ3) is 20.7. The van der Waals surface area contributed by atoms with Crippen molar-refractivity contribution in [3.8, 4) is 28.4 Å². The highest BCUT2D eigenvalue weighted by Gasteiger charge is 2.33. The van der Waals surface area contributed by atoms with E-state index in [2.05, 4.69) is 46.1 Å². The number of aryl methyl sites for hydroxylation is 1. The maximum Gasteiger partial charge on any atom is 0.573 e. The van der Waals surface area contributed by atoms with Crippen molar-refractivity contribution in [2.75, 3.05) is 71.3 Å². The number of primary amides is 1. The maximum atomic E-state index is 14.2. The van der Waals surface area contributed by atoms with Gasteiger partial charge in [0.1, 0.15) is 42.3 Å². The summed E-state index contributed by atoms with van der Waals surface area (Å²) in [6.07, 6.45) is -0.189. The number of rotatable bonds is 34. The molecule has 4 aromatic heterocycles. The topological polar surface area (TPSA) is 327 Å². The number of H-pyrrole nitrogens is 1. The van der Waals surface area contributed by atoms with E-state index in [1.807, 2.05) is 25.1 Å². The number of halogens is 3. The van der Waals surface area contributed by atoms with Crippen LogP contribution in [0, 0.1) is 12.8 Å². The number of pyridine rings is 2. The molecule has 6 aromatic rings. The maximum absolute atomic E-state index is 14.2. The van der Waals surface area contributed by atoms with E-state index >= 15 is 0 Å². The minimum absolute atomic E-state index is 0.0187. The van der Waals surface area contributed by atoms with Crippen molar-refractivity contribution in [1.82, 2.24) is 55.3 Å². The molecule has 7 N–H and O–H groups in total. The van der Waals surface area contributed by atoms with Gasteiger partial charge in [0.2, 0.25) is 17.7 Å². The van der Waals surface area contributed by atoms with Crippen molar-refractivity contribution >= 4 is 53.0 Å². The molecule has 1 aliphatic rings. The first-order valence-electron chi connectivity index (χ1n) is 27.8. The fourth-order valence-electron chi connectivity index (χ4n) is 8.67. The monoisotopic (exact) mass is 1210 g/mol. The SMILES string of the molecule is Cc1cccc(-c2nc(CN(Cc3ccccc3OC(F)(F)F)C(=O)OCc3ccc(NC(=O)C(CCCNC(N)=O)NC(=O)[C@@H](NC(=O)CCOCCOCCOCCOCCN4C(=O)C=CC4=O)C(C)C)cc3)[nH]c2-c2ccc3ncnn3c2)n1. The lowest BCUT2D eigenvalue weighted by Gasteiger charge is -2.25. The number of aromatic nitrogens is 6. The van der Waals surface area contributed by atoms with E-state index < -0.39 is 66.5 Å². The van der Waals surface area contributed by atoms with Gasteiger partial charge in [0.05, 0.1) is 83.9 Å². The molecule has 7 rings (SSSR count). The number of carbonyl (C=O) groups excluding carboxylic acids is 7. The van der Waals surface area contributed by atoms with Crippen LogP contribution in [-0.2, 0) is 67.4 Å². The van der Waals surface area contributed by atoms with Gasteiger partial charge in [-0.05, 0) is 73.7 Å². The molecule has 5 heterocycles. The third-order valence-corrected chi connectivity index (χ3v) is 13.0. The van der Waals surface area contributed by atoms with Crippen LogP contribution in [-0.4, -0.2) is 165 Å². The predicted molar refractivity (Wildman–Crippen MR) is 305 cm³/mol. The number of anilines is 1. The van der Waals surface area contributed by atoms with Crippen LogP contribution in [0.4, 0.5) is 28.4 Å². The van der Waals surface area contributed by atoms with Crippen molar-refractivity contribution in [3.63, 3.8) is 0 Å². The first-order valence-corrected chi connectivity index (χ1v) is 27.8. The number of nitrogens with one attached hydrogen (secondary N) is 5. The summed E-state index contributed by atoms with van der Waals surface area (Å²) in [5.74, 6) is -3.17. The van der Waals surface area contributed by atoms with Crippen LogP contribution < -0.4 is 31.7 Å². The molecular weight excluding hydrogens is 1140 g/mol. The number of para-hydroxylation sites is 1. The number of imide groups is 1. The molecule has 1 aliphatic heterocycles. The number of aromatic amines is 1. The minimum Gasteiger partial charge on any atom is -0.445 e. The van der Waals surface area contributed by atoms with Crippen LogP contribution in [0.3, 0.4) is 0 Å². The van der Waals surface area contributed by atoms with Gasteiger partial charge in [-0.2, -0.15) is 5.10 Å². The Balaban J connectivity index is 0.918. The minimum atomic E-state index is -5.03. The van der Waals surface area contributed by atoms with Crippen LogP contribution in [0.25, 0.3) is 28.3 Å². The van der Waals surface area contributed by atoms with Gasteiger partial charge in [-0.1, -0.05) is 50.2 Å². The molecule has 464 valence electrons. The highest BCUT2D eigenvalue weighted by Crippen LogP contribution is 2.32. The largest absolute Gasteiger partial charge is 0.573 e. The number of hydrogen-bond acceptors (Lipinski definition) is 17. The third-order valence-electron chi connectivity index (χ3n) is 13.0. The van der Waals surface area contributed by atoms with Crippen LogP contribution in [0.5, 0.6) is 5.75 Å². The predicted octanol–water partition coefficient (Wildman–Crippen LogP) is 5.12. The number of alkyl halides is 3. The summed E-state index contributed by atoms with van der Waals surface area (Å²) in [7, 11) is 0. The van der Waals surface area contributed by atoms with Gasteiger partial charge in [0, 0.05) is 53.8 Å². The molecule has 0 saturated heterocycles. The van der Waals surface area contributed by atoms with Gasteiger partial charge in [0.25, 0.3) is 11.8 Å². The molecule has 26 nitrogen and oxygen atoms in total. The zero-order valence-electron chi connectivity index (χ0n) is 48.0. The van der Waals surface area contributed by atoms with Crippen molar-refractivity contribution in [1.29, 1.82) is 0 Å². The Labute approximate surface area is 497 Å². The van der Waals surface area contributed by atoms with Crippen LogP contribution >= 0.6 is 0 Å². The summed E-state index contributed by atoms with van der Waals surface area (Å²) in [5.41, 5.74) is 9.40. The molecule has 0 radical (unpaired) electrons. The lowest BCUT2D eigenvalue weighted by atomic mass is 10.0. The number of imidazole rings is 1. The van der Waals surface area contributed by atoms with E-state index in [0.717, 1.165) is 15.9 Å². The van der Waals surface area contributed by atoms with Crippen LogP contribution in [0.2, 0.25) is 0 Å². The molecule has 8 amide bonds. The van der Waals surface area contributed by atoms with Gasteiger partial charge in [0.15, 0.2) is 5.65 Å². The zero-order chi connectivity index (χ0) is 62.3. The molecule has 29 heteroatoms. The van der Waals surface area contributed by atoms with E-state index in [1.54, 1.807) is 48.8 Å². The number of benzene rings is 2. The van der Waals surface area contributed by atoms with Crippen molar-refractivity contribution in [2.45, 2.75) is 78.2 Å². The lowest BCUT2D eigenvalue weighted by Crippen LogP contribution is -2.54. The van der Waals surface area contributed by atoms with Crippen LogP contribution in [0.15, 0.2) is 104 Å². The van der Waals surface area contributed by atoms with E-state index in [1.165, 1.54) is 48.8 Å². The quantitative estimate of drug-likeness (QED) is 0.0225. The fourth-order valence-corrected chi connectivity index (χ4v) is 8.67. The number of urea groups is 1. The van der Waals surface area contributed by atoms with Gasteiger partial charge in [-0.25, -0.2) is 24.1 Å². The lowest BCUT2D eigenvalue weighted by molar-refractivity contribution is -0.275. The van der Waals surface area contributed by atoms with Crippen molar-refractivity contribution < 1.29 is 75.2 Å². The van der Waals surface area contributed by atoms with E-state index in [9.17, 15) is 46.7 Å². The highest BCUT2D eigenvalue weighted by atomic mass is 19.4. The normalized spacial score (nSPS) is 13.0.